The van der Waals surface area contributed by atoms with Gasteiger partial charge in [-0.25, -0.2) is 13.9 Å². The Kier molecular flexibility index (Phi) is 7.13. The molecule has 1 saturated heterocycles. The number of rotatable bonds is 8. The van der Waals surface area contributed by atoms with Crippen molar-refractivity contribution < 1.29 is 13.7 Å². The van der Waals surface area contributed by atoms with Crippen molar-refractivity contribution in [1.82, 2.24) is 24.5 Å². The highest BCUT2D eigenvalue weighted by Gasteiger charge is 2.23. The molecule has 186 valence electrons. The van der Waals surface area contributed by atoms with Gasteiger partial charge in [-0.05, 0) is 13.0 Å². The number of nitrogens with zero attached hydrogens (tertiary/aromatic N) is 7. The van der Waals surface area contributed by atoms with Gasteiger partial charge < -0.3 is 14.4 Å². The molecule has 1 fully saturated rings. The van der Waals surface area contributed by atoms with Crippen molar-refractivity contribution in [1.29, 1.82) is 0 Å². The van der Waals surface area contributed by atoms with Gasteiger partial charge in [0.05, 0.1) is 36.5 Å². The molecule has 1 atom stereocenters. The molecular formula is C22H35N7O3SSi. The van der Waals surface area contributed by atoms with E-state index in [1.807, 2.05) is 18.3 Å². The van der Waals surface area contributed by atoms with Crippen LogP contribution in [-0.4, -0.2) is 81.7 Å². The average Bonchev–Trinajstić information content (AvgIpc) is 3.36. The first kappa shape index (κ1) is 24.8. The second kappa shape index (κ2) is 9.76. The molecule has 1 aliphatic rings. The summed E-state index contributed by atoms with van der Waals surface area (Å²) in [5.41, 5.74) is 1.25. The average molecular weight is 506 g/mol. The number of aromatic nitrogens is 5. The van der Waals surface area contributed by atoms with Crippen LogP contribution in [0, 0.1) is 0 Å². The second-order valence-electron chi connectivity index (χ2n) is 10.2. The maximum Gasteiger partial charge on any atom is 0.177 e. The van der Waals surface area contributed by atoms with E-state index in [0.717, 1.165) is 30.4 Å². The van der Waals surface area contributed by atoms with E-state index in [1.165, 1.54) is 0 Å². The summed E-state index contributed by atoms with van der Waals surface area (Å²) in [7, 11) is -3.50. The summed E-state index contributed by atoms with van der Waals surface area (Å²) in [6, 6.07) is 5.07. The Morgan fingerprint density at radius 2 is 2.09 bits per heavy atom. The molecule has 0 saturated carbocycles. The van der Waals surface area contributed by atoms with Crippen LogP contribution in [0.5, 0.6) is 0 Å². The molecule has 4 heterocycles. The molecule has 0 aromatic carbocycles. The van der Waals surface area contributed by atoms with Crippen molar-refractivity contribution in [2.45, 2.75) is 45.4 Å². The normalized spacial score (nSPS) is 17.5. The van der Waals surface area contributed by atoms with Crippen molar-refractivity contribution >= 4 is 40.3 Å². The Balaban J connectivity index is 1.68. The first-order valence-corrected chi connectivity index (χ1v) is 17.6. The number of anilines is 1. The first-order valence-electron chi connectivity index (χ1n) is 11.5. The smallest absolute Gasteiger partial charge is 0.177 e. The summed E-state index contributed by atoms with van der Waals surface area (Å²) in [5, 5.41) is 9.93. The van der Waals surface area contributed by atoms with E-state index in [0.29, 0.717) is 37.1 Å². The van der Waals surface area contributed by atoms with E-state index < -0.39 is 17.8 Å². The maximum absolute atomic E-state index is 12.5. The van der Waals surface area contributed by atoms with Crippen LogP contribution < -0.4 is 4.90 Å². The summed E-state index contributed by atoms with van der Waals surface area (Å²) in [4.78, 5) is 7.12. The van der Waals surface area contributed by atoms with Crippen LogP contribution >= 0.6 is 0 Å². The zero-order valence-corrected chi connectivity index (χ0v) is 22.7. The van der Waals surface area contributed by atoms with Crippen molar-refractivity contribution in [3.05, 3.63) is 24.5 Å². The number of hydrogen-bond donors (Lipinski definition) is 0. The minimum atomic E-state index is -2.37. The fourth-order valence-corrected chi connectivity index (χ4v) is 5.12. The second-order valence-corrected chi connectivity index (χ2v) is 18.4. The molecule has 0 radical (unpaired) electrons. The van der Waals surface area contributed by atoms with E-state index in [1.54, 1.807) is 28.1 Å². The van der Waals surface area contributed by atoms with Gasteiger partial charge in [0, 0.05) is 61.8 Å². The summed E-state index contributed by atoms with van der Waals surface area (Å²) in [6.45, 7) is 12.2. The first-order chi connectivity index (χ1) is 16.0. The molecule has 0 aliphatic carbocycles. The third-order valence-electron chi connectivity index (χ3n) is 5.55. The van der Waals surface area contributed by atoms with Crippen LogP contribution in [0.25, 0.3) is 16.9 Å². The van der Waals surface area contributed by atoms with E-state index in [9.17, 15) is 4.21 Å². The van der Waals surface area contributed by atoms with Crippen LogP contribution in [0.3, 0.4) is 0 Å². The Morgan fingerprint density at radius 1 is 1.29 bits per heavy atom. The molecule has 34 heavy (non-hydrogen) atoms. The molecule has 3 aromatic rings. The lowest BCUT2D eigenvalue weighted by Crippen LogP contribution is -2.44. The van der Waals surface area contributed by atoms with Gasteiger partial charge in [-0.1, -0.05) is 19.6 Å². The summed E-state index contributed by atoms with van der Waals surface area (Å²) in [6.07, 6.45) is 6.85. The molecule has 0 unspecified atom stereocenters. The van der Waals surface area contributed by atoms with Gasteiger partial charge in [-0.3, -0.25) is 0 Å². The number of fused-ring (bicyclic) bond motifs is 1. The van der Waals surface area contributed by atoms with Crippen LogP contribution in [0.15, 0.2) is 28.9 Å². The molecule has 4 rings (SSSR count). The van der Waals surface area contributed by atoms with Crippen molar-refractivity contribution in [3.8, 4) is 5.82 Å². The van der Waals surface area contributed by atoms with Crippen LogP contribution in [0.2, 0.25) is 25.7 Å². The van der Waals surface area contributed by atoms with Crippen molar-refractivity contribution in [2.75, 3.05) is 43.8 Å². The predicted octanol–water partition coefficient (Wildman–Crippen LogP) is 3.51. The Labute approximate surface area is 202 Å². The van der Waals surface area contributed by atoms with Crippen molar-refractivity contribution in [2.24, 2.45) is 4.36 Å². The predicted molar refractivity (Wildman–Crippen MR) is 138 cm³/mol. The summed E-state index contributed by atoms with van der Waals surface area (Å²) < 4.78 is 31.9. The number of morpholine rings is 1. The van der Waals surface area contributed by atoms with Crippen LogP contribution in [0.1, 0.15) is 6.92 Å². The molecule has 10 nitrogen and oxygen atoms in total. The lowest BCUT2D eigenvalue weighted by molar-refractivity contribution is 0.0785. The highest BCUT2D eigenvalue weighted by atomic mass is 32.2. The van der Waals surface area contributed by atoms with Crippen LogP contribution in [0.4, 0.5) is 11.5 Å². The minimum absolute atomic E-state index is 0.169. The third-order valence-corrected chi connectivity index (χ3v) is 7.89. The number of pyridine rings is 1. The quantitative estimate of drug-likeness (QED) is 0.341. The topological polar surface area (TPSA) is 99.7 Å². The molecule has 1 aliphatic heterocycles. The largest absolute Gasteiger partial charge is 0.377 e. The molecule has 0 bridgehead atoms. The lowest BCUT2D eigenvalue weighted by atomic mass is 10.2. The standard InChI is InChI=1S/C22H35N7O3SSi/c1-17-15-31-10-9-28(17)21-13-19(26-33(2,3)30)18-14-23-29(22(18)24-21)20-7-8-27(25-20)16-32-11-12-34(4,5)6/h7-8,13-14,17H,9-12,15-16H2,1-6H3/t17-/m1/s1. The molecule has 3 aromatic heterocycles. The molecule has 0 amide bonds. The zero-order valence-electron chi connectivity index (χ0n) is 20.9. The summed E-state index contributed by atoms with van der Waals surface area (Å²) in [5.74, 6) is 1.41. The van der Waals surface area contributed by atoms with Gasteiger partial charge in [0.2, 0.25) is 0 Å². The van der Waals surface area contributed by atoms with Gasteiger partial charge in [0.15, 0.2) is 11.5 Å². The minimum Gasteiger partial charge on any atom is -0.377 e. The maximum atomic E-state index is 12.5. The van der Waals surface area contributed by atoms with E-state index >= 15 is 0 Å². The Bertz CT molecular complexity index is 1270. The SMILES string of the molecule is C[C@@H]1COCCN1c1cc(N=S(C)(C)=O)c2cnn(-c3ccn(COCC[Si](C)(C)C)n3)c2n1. The van der Waals surface area contributed by atoms with Gasteiger partial charge >= 0.3 is 0 Å². The number of hydrogen-bond acceptors (Lipinski definition) is 8. The van der Waals surface area contributed by atoms with E-state index in [-0.39, 0.29) is 6.04 Å². The lowest BCUT2D eigenvalue weighted by Gasteiger charge is -2.34. The highest BCUT2D eigenvalue weighted by molar-refractivity contribution is 7.92. The molecule has 12 heteroatoms. The molecular weight excluding hydrogens is 470 g/mol. The molecule has 0 N–H and O–H groups in total. The van der Waals surface area contributed by atoms with E-state index in [4.69, 9.17) is 14.5 Å². The zero-order chi connectivity index (χ0) is 24.5. The van der Waals surface area contributed by atoms with Crippen LogP contribution in [-0.2, 0) is 25.9 Å². The molecule has 0 spiro atoms. The van der Waals surface area contributed by atoms with E-state index in [2.05, 4.69) is 46.0 Å². The van der Waals surface area contributed by atoms with Gasteiger partial charge in [-0.2, -0.15) is 19.2 Å². The summed E-state index contributed by atoms with van der Waals surface area (Å²) >= 11 is 0. The fraction of sp³-hybridized carbons (Fsp3) is 0.591. The fourth-order valence-electron chi connectivity index (χ4n) is 3.74. The monoisotopic (exact) mass is 505 g/mol. The third kappa shape index (κ3) is 6.04. The van der Waals surface area contributed by atoms with Gasteiger partial charge in [0.25, 0.3) is 0 Å². The Hall–Kier alpha value is -2.28. The van der Waals surface area contributed by atoms with Crippen molar-refractivity contribution in [3.63, 3.8) is 0 Å². The van der Waals surface area contributed by atoms with Gasteiger partial charge in [-0.15, -0.1) is 0 Å². The highest BCUT2D eigenvalue weighted by Crippen LogP contribution is 2.32. The van der Waals surface area contributed by atoms with Gasteiger partial charge in [0.1, 0.15) is 12.5 Å². The Morgan fingerprint density at radius 3 is 2.79 bits per heavy atom. The number of ether oxygens (including phenoxy) is 2.